The van der Waals surface area contributed by atoms with E-state index >= 15 is 0 Å². The van der Waals surface area contributed by atoms with Gasteiger partial charge in [-0.05, 0) is 85.8 Å². The molecular formula is C35H26BrClFN3O4S. The van der Waals surface area contributed by atoms with E-state index in [4.69, 9.17) is 16.0 Å². The summed E-state index contributed by atoms with van der Waals surface area (Å²) in [7, 11) is 0. The van der Waals surface area contributed by atoms with Gasteiger partial charge in [0, 0.05) is 37.9 Å². The minimum atomic E-state index is -0.567. The van der Waals surface area contributed by atoms with Crippen LogP contribution in [0.4, 0.5) is 15.8 Å². The highest BCUT2D eigenvalue weighted by atomic mass is 79.9. The third-order valence-corrected chi connectivity index (χ3v) is 8.48. The van der Waals surface area contributed by atoms with Gasteiger partial charge in [0.25, 0.3) is 11.8 Å². The smallest absolute Gasteiger partial charge is 0.272 e. The molecule has 4 aromatic carbocycles. The number of carbonyl (C=O) groups excluding carboxylic acids is 3. The molecule has 232 valence electrons. The Balaban J connectivity index is 1.28. The van der Waals surface area contributed by atoms with Gasteiger partial charge in [-0.3, -0.25) is 14.4 Å². The molecule has 5 rings (SSSR count). The van der Waals surface area contributed by atoms with Gasteiger partial charge in [0.05, 0.1) is 10.3 Å². The monoisotopic (exact) mass is 717 g/mol. The number of hydrogen-bond donors (Lipinski definition) is 3. The van der Waals surface area contributed by atoms with Gasteiger partial charge in [0.2, 0.25) is 5.91 Å². The van der Waals surface area contributed by atoms with Crippen LogP contribution in [-0.2, 0) is 9.59 Å². The summed E-state index contributed by atoms with van der Waals surface area (Å²) in [5.74, 6) is -0.887. The van der Waals surface area contributed by atoms with Crippen molar-refractivity contribution in [1.29, 1.82) is 0 Å². The average molecular weight is 719 g/mol. The van der Waals surface area contributed by atoms with E-state index in [-0.39, 0.29) is 16.6 Å². The maximum absolute atomic E-state index is 13.4. The molecule has 0 radical (unpaired) electrons. The van der Waals surface area contributed by atoms with Crippen LogP contribution in [0.2, 0.25) is 5.02 Å². The number of rotatable bonds is 10. The normalized spacial score (nSPS) is 11.9. The molecule has 1 unspecified atom stereocenters. The Morgan fingerprint density at radius 1 is 0.870 bits per heavy atom. The summed E-state index contributed by atoms with van der Waals surface area (Å²) in [6, 6.07) is 30.6. The average Bonchev–Trinajstić information content (AvgIpc) is 3.52. The van der Waals surface area contributed by atoms with Gasteiger partial charge in [0.15, 0.2) is 0 Å². The van der Waals surface area contributed by atoms with Gasteiger partial charge in [0.1, 0.15) is 23.0 Å². The Labute approximate surface area is 282 Å². The van der Waals surface area contributed by atoms with Crippen molar-refractivity contribution in [2.24, 2.45) is 0 Å². The zero-order valence-electron chi connectivity index (χ0n) is 24.2. The highest BCUT2D eigenvalue weighted by Gasteiger charge is 2.18. The molecule has 0 bridgehead atoms. The van der Waals surface area contributed by atoms with Crippen LogP contribution in [0.5, 0.6) is 0 Å². The number of benzene rings is 4. The van der Waals surface area contributed by atoms with E-state index in [2.05, 4.69) is 31.9 Å². The van der Waals surface area contributed by atoms with E-state index in [0.717, 1.165) is 14.9 Å². The second kappa shape index (κ2) is 15.1. The van der Waals surface area contributed by atoms with Crippen LogP contribution < -0.4 is 16.0 Å². The standard InChI is InChI=1S/C35H26BrClFN3O4S/c1-21(33(42)40-26-13-17-30(38)29(37)19-26)46-28-15-11-25(12-16-28)39-35(44)31(41-34(43)23-5-3-2-4-6-23)20-27-14-18-32(45-27)22-7-9-24(36)10-8-22/h2-21H,1H3,(H,39,44)(H,40,42)(H,41,43)/b31-20-. The maximum Gasteiger partial charge on any atom is 0.272 e. The number of amides is 3. The van der Waals surface area contributed by atoms with E-state index < -0.39 is 22.9 Å². The fourth-order valence-corrected chi connectivity index (χ4v) is 5.49. The molecule has 0 fully saturated rings. The molecule has 3 amide bonds. The predicted molar refractivity (Wildman–Crippen MR) is 184 cm³/mol. The number of hydrogen-bond acceptors (Lipinski definition) is 5. The van der Waals surface area contributed by atoms with E-state index in [1.807, 2.05) is 24.3 Å². The number of nitrogens with one attached hydrogen (secondary N) is 3. The van der Waals surface area contributed by atoms with Crippen molar-refractivity contribution < 1.29 is 23.2 Å². The van der Waals surface area contributed by atoms with Crippen molar-refractivity contribution >= 4 is 74.5 Å². The van der Waals surface area contributed by atoms with E-state index in [1.165, 1.54) is 36.0 Å². The summed E-state index contributed by atoms with van der Waals surface area (Å²) >= 11 is 10.5. The Kier molecular flexibility index (Phi) is 10.7. The van der Waals surface area contributed by atoms with Crippen molar-refractivity contribution in [3.8, 4) is 11.3 Å². The summed E-state index contributed by atoms with van der Waals surface area (Å²) in [5, 5.41) is 7.67. The van der Waals surface area contributed by atoms with Crippen molar-refractivity contribution in [1.82, 2.24) is 5.32 Å². The van der Waals surface area contributed by atoms with Crippen molar-refractivity contribution in [3.63, 3.8) is 0 Å². The third-order valence-electron chi connectivity index (χ3n) is 6.55. The first-order chi connectivity index (χ1) is 22.1. The summed E-state index contributed by atoms with van der Waals surface area (Å²) < 4.78 is 20.3. The molecule has 7 nitrogen and oxygen atoms in total. The van der Waals surface area contributed by atoms with Crippen LogP contribution in [-0.4, -0.2) is 23.0 Å². The minimum Gasteiger partial charge on any atom is -0.457 e. The minimum absolute atomic E-state index is 0.0183. The first kappa shape index (κ1) is 32.7. The molecular weight excluding hydrogens is 693 g/mol. The number of anilines is 2. The Morgan fingerprint density at radius 3 is 2.26 bits per heavy atom. The highest BCUT2D eigenvalue weighted by Crippen LogP contribution is 2.28. The lowest BCUT2D eigenvalue weighted by Gasteiger charge is -2.13. The summed E-state index contributed by atoms with van der Waals surface area (Å²) in [4.78, 5) is 39.9. The van der Waals surface area contributed by atoms with Crippen molar-refractivity contribution in [2.45, 2.75) is 17.1 Å². The van der Waals surface area contributed by atoms with Gasteiger partial charge < -0.3 is 20.4 Å². The molecule has 0 aliphatic carbocycles. The molecule has 0 saturated heterocycles. The van der Waals surface area contributed by atoms with Crippen molar-refractivity contribution in [2.75, 3.05) is 10.6 Å². The fraction of sp³-hybridized carbons (Fsp3) is 0.0571. The first-order valence-electron chi connectivity index (χ1n) is 13.9. The quantitative estimate of drug-likeness (QED) is 0.0989. The third kappa shape index (κ3) is 8.75. The molecule has 0 aliphatic rings. The van der Waals surface area contributed by atoms with Crippen LogP contribution in [0.25, 0.3) is 17.4 Å². The number of carbonyl (C=O) groups is 3. The van der Waals surface area contributed by atoms with Gasteiger partial charge in [-0.2, -0.15) is 0 Å². The molecule has 1 atom stereocenters. The van der Waals surface area contributed by atoms with Gasteiger partial charge in [-0.25, -0.2) is 4.39 Å². The predicted octanol–water partition coefficient (Wildman–Crippen LogP) is 9.03. The Morgan fingerprint density at radius 2 is 1.57 bits per heavy atom. The van der Waals surface area contributed by atoms with Crippen LogP contribution in [0.15, 0.2) is 129 Å². The second-order valence-corrected chi connectivity index (χ2v) is 12.7. The van der Waals surface area contributed by atoms with Gasteiger partial charge in [-0.1, -0.05) is 57.9 Å². The number of furan rings is 1. The van der Waals surface area contributed by atoms with Crippen molar-refractivity contribution in [3.05, 3.63) is 142 Å². The zero-order chi connectivity index (χ0) is 32.6. The van der Waals surface area contributed by atoms with E-state index in [1.54, 1.807) is 73.7 Å². The maximum atomic E-state index is 13.4. The summed E-state index contributed by atoms with van der Waals surface area (Å²) in [5.41, 5.74) is 2.09. The SMILES string of the molecule is CC(Sc1ccc(NC(=O)/C(=C/c2ccc(-c3ccc(Br)cc3)o2)NC(=O)c2ccccc2)cc1)C(=O)Nc1ccc(F)c(Cl)c1. The molecule has 3 N–H and O–H groups in total. The van der Waals surface area contributed by atoms with Gasteiger partial charge >= 0.3 is 0 Å². The topological polar surface area (TPSA) is 100 Å². The highest BCUT2D eigenvalue weighted by molar-refractivity contribution is 9.10. The summed E-state index contributed by atoms with van der Waals surface area (Å²) in [6.07, 6.45) is 1.47. The van der Waals surface area contributed by atoms with Crippen LogP contribution in [0.3, 0.4) is 0 Å². The lowest BCUT2D eigenvalue weighted by atomic mass is 10.2. The lowest BCUT2D eigenvalue weighted by molar-refractivity contribution is -0.115. The van der Waals surface area contributed by atoms with Gasteiger partial charge in [-0.15, -0.1) is 11.8 Å². The first-order valence-corrected chi connectivity index (χ1v) is 16.0. The molecule has 46 heavy (non-hydrogen) atoms. The molecule has 11 heteroatoms. The van der Waals surface area contributed by atoms with Crippen LogP contribution in [0.1, 0.15) is 23.0 Å². The number of halogens is 3. The Hall–Kier alpha value is -4.64. The van der Waals surface area contributed by atoms with E-state index in [9.17, 15) is 18.8 Å². The van der Waals surface area contributed by atoms with Crippen LogP contribution >= 0.6 is 39.3 Å². The second-order valence-electron chi connectivity index (χ2n) is 9.94. The lowest BCUT2D eigenvalue weighted by Crippen LogP contribution is -2.30. The van der Waals surface area contributed by atoms with E-state index in [0.29, 0.717) is 28.5 Å². The molecule has 5 aromatic rings. The van der Waals surface area contributed by atoms with Crippen LogP contribution in [0, 0.1) is 5.82 Å². The largest absolute Gasteiger partial charge is 0.457 e. The zero-order valence-corrected chi connectivity index (χ0v) is 27.4. The summed E-state index contributed by atoms with van der Waals surface area (Å²) in [6.45, 7) is 1.74. The Bertz CT molecular complexity index is 1900. The molecule has 0 spiro atoms. The number of thioether (sulfide) groups is 1. The molecule has 0 aliphatic heterocycles. The fourth-order valence-electron chi connectivity index (χ4n) is 4.18. The molecule has 1 aromatic heterocycles. The molecule has 0 saturated carbocycles. The molecule has 1 heterocycles.